The summed E-state index contributed by atoms with van der Waals surface area (Å²) in [6.45, 7) is 9.30. The number of nitrogens with one attached hydrogen (secondary N) is 1. The third kappa shape index (κ3) is 6.19. The first-order valence-electron chi connectivity index (χ1n) is 12.1. The molecule has 1 unspecified atom stereocenters. The Hall–Kier alpha value is -3.05. The van der Waals surface area contributed by atoms with E-state index in [0.717, 1.165) is 62.4 Å². The molecule has 0 spiro atoms. The predicted molar refractivity (Wildman–Crippen MR) is 137 cm³/mol. The van der Waals surface area contributed by atoms with Gasteiger partial charge in [-0.25, -0.2) is 0 Å². The van der Waals surface area contributed by atoms with Crippen LogP contribution in [0.1, 0.15) is 26.0 Å². The molecule has 2 aliphatic rings. The largest absolute Gasteiger partial charge is 0.491 e. The SMILES string of the molecule is CC=O.C[C@@H]1CNCCN1Cc1cc2c(=O)n(C)cc(-c3ccncc3OCC3CCOC3)c2o1.O. The van der Waals surface area contributed by atoms with E-state index in [-0.39, 0.29) is 11.0 Å². The van der Waals surface area contributed by atoms with E-state index in [1.807, 2.05) is 18.3 Å². The first-order chi connectivity index (χ1) is 17.0. The van der Waals surface area contributed by atoms with Gasteiger partial charge in [0, 0.05) is 68.8 Å². The van der Waals surface area contributed by atoms with Crippen molar-refractivity contribution in [3.8, 4) is 16.9 Å². The number of ether oxygens (including phenoxy) is 2. The zero-order valence-electron chi connectivity index (χ0n) is 21.2. The molecular formula is C26H36N4O6. The van der Waals surface area contributed by atoms with Gasteiger partial charge in [0.05, 0.1) is 31.3 Å². The third-order valence-corrected chi connectivity index (χ3v) is 6.47. The number of aldehydes is 1. The molecule has 3 N–H and O–H groups in total. The molecule has 3 aromatic rings. The second-order valence-electron chi connectivity index (χ2n) is 9.09. The second-order valence-corrected chi connectivity index (χ2v) is 9.09. The van der Waals surface area contributed by atoms with E-state index >= 15 is 0 Å². The Kier molecular flexibility index (Phi) is 9.77. The highest BCUT2D eigenvalue weighted by atomic mass is 16.5. The molecular weight excluding hydrogens is 464 g/mol. The lowest BCUT2D eigenvalue weighted by Crippen LogP contribution is -2.49. The lowest BCUT2D eigenvalue weighted by Gasteiger charge is -2.33. The minimum Gasteiger partial charge on any atom is -0.491 e. The Morgan fingerprint density at radius 3 is 2.86 bits per heavy atom. The molecule has 2 saturated heterocycles. The molecule has 36 heavy (non-hydrogen) atoms. The highest BCUT2D eigenvalue weighted by Crippen LogP contribution is 2.35. The molecule has 10 heteroatoms. The Labute approximate surface area is 210 Å². The summed E-state index contributed by atoms with van der Waals surface area (Å²) in [5.41, 5.74) is 2.25. The fraction of sp³-hybridized carbons (Fsp3) is 0.500. The highest BCUT2D eigenvalue weighted by molar-refractivity contribution is 5.93. The normalized spacial score (nSPS) is 19.9. The Morgan fingerprint density at radius 2 is 2.14 bits per heavy atom. The molecule has 0 aliphatic carbocycles. The molecule has 196 valence electrons. The summed E-state index contributed by atoms with van der Waals surface area (Å²) in [6, 6.07) is 4.23. The summed E-state index contributed by atoms with van der Waals surface area (Å²) in [4.78, 5) is 28.3. The summed E-state index contributed by atoms with van der Waals surface area (Å²) in [7, 11) is 1.77. The number of hydrogen-bond donors (Lipinski definition) is 1. The number of aromatic nitrogens is 2. The minimum atomic E-state index is -0.0632. The van der Waals surface area contributed by atoms with Crippen LogP contribution >= 0.6 is 0 Å². The number of rotatable bonds is 6. The summed E-state index contributed by atoms with van der Waals surface area (Å²) >= 11 is 0. The van der Waals surface area contributed by atoms with Crippen LogP contribution in [-0.2, 0) is 23.1 Å². The average molecular weight is 501 g/mol. The van der Waals surface area contributed by atoms with Crippen molar-refractivity contribution in [2.24, 2.45) is 13.0 Å². The molecule has 0 amide bonds. The highest BCUT2D eigenvalue weighted by Gasteiger charge is 2.23. The molecule has 3 aromatic heterocycles. The molecule has 5 heterocycles. The summed E-state index contributed by atoms with van der Waals surface area (Å²) in [5, 5.41) is 4.00. The molecule has 0 radical (unpaired) electrons. The van der Waals surface area contributed by atoms with E-state index in [4.69, 9.17) is 18.7 Å². The number of hydrogen-bond acceptors (Lipinski definition) is 8. The van der Waals surface area contributed by atoms with Gasteiger partial charge >= 0.3 is 0 Å². The summed E-state index contributed by atoms with van der Waals surface area (Å²) in [6.07, 6.45) is 7.05. The van der Waals surface area contributed by atoms with E-state index in [2.05, 4.69) is 22.1 Å². The Morgan fingerprint density at radius 1 is 1.33 bits per heavy atom. The Balaban J connectivity index is 0.000000861. The lowest BCUT2D eigenvalue weighted by molar-refractivity contribution is -0.106. The van der Waals surface area contributed by atoms with Crippen LogP contribution in [0, 0.1) is 5.92 Å². The van der Waals surface area contributed by atoms with E-state index in [1.165, 1.54) is 6.92 Å². The van der Waals surface area contributed by atoms with Crippen molar-refractivity contribution in [3.63, 3.8) is 0 Å². The number of carbonyl (C=O) groups is 1. The van der Waals surface area contributed by atoms with Gasteiger partial charge in [0.25, 0.3) is 5.56 Å². The molecule has 2 fully saturated rings. The fourth-order valence-corrected chi connectivity index (χ4v) is 4.53. The molecule has 0 saturated carbocycles. The van der Waals surface area contributed by atoms with Crippen LogP contribution in [0.25, 0.3) is 22.1 Å². The van der Waals surface area contributed by atoms with Gasteiger partial charge in [-0.05, 0) is 32.4 Å². The fourth-order valence-electron chi connectivity index (χ4n) is 4.53. The summed E-state index contributed by atoms with van der Waals surface area (Å²) in [5.74, 6) is 1.88. The Bertz CT molecular complexity index is 1200. The van der Waals surface area contributed by atoms with Crippen LogP contribution in [0.15, 0.2) is 39.9 Å². The quantitative estimate of drug-likeness (QED) is 0.507. The lowest BCUT2D eigenvalue weighted by atomic mass is 10.1. The van der Waals surface area contributed by atoms with Gasteiger partial charge < -0.3 is 34.0 Å². The van der Waals surface area contributed by atoms with Crippen molar-refractivity contribution in [2.75, 3.05) is 39.5 Å². The van der Waals surface area contributed by atoms with Crippen LogP contribution in [0.5, 0.6) is 5.75 Å². The third-order valence-electron chi connectivity index (χ3n) is 6.47. The van der Waals surface area contributed by atoms with Crippen molar-refractivity contribution in [2.45, 2.75) is 32.9 Å². The van der Waals surface area contributed by atoms with Crippen LogP contribution in [-0.4, -0.2) is 71.7 Å². The predicted octanol–water partition coefficient (Wildman–Crippen LogP) is 1.78. The van der Waals surface area contributed by atoms with Crippen LogP contribution in [0.4, 0.5) is 0 Å². The molecule has 2 aliphatic heterocycles. The molecule has 2 atom stereocenters. The van der Waals surface area contributed by atoms with E-state index in [1.54, 1.807) is 24.0 Å². The van der Waals surface area contributed by atoms with Crippen LogP contribution in [0.2, 0.25) is 0 Å². The molecule has 0 bridgehead atoms. The summed E-state index contributed by atoms with van der Waals surface area (Å²) < 4.78 is 19.5. The van der Waals surface area contributed by atoms with Gasteiger partial charge in [0.15, 0.2) is 0 Å². The van der Waals surface area contributed by atoms with E-state index in [0.29, 0.717) is 41.8 Å². The van der Waals surface area contributed by atoms with Gasteiger partial charge in [0.2, 0.25) is 0 Å². The maximum atomic E-state index is 12.9. The van der Waals surface area contributed by atoms with Gasteiger partial charge in [-0.15, -0.1) is 0 Å². The standard InChI is InChI=1S/C24H30N4O4.C2H4O.H2O/c1-16-10-26-6-7-28(16)12-18-9-20-23(32-18)21(13-27(2)24(20)29)19-3-5-25-11-22(19)31-15-17-4-8-30-14-17;1-2-3;/h3,5,9,11,13,16-17,26H,4,6-8,10,12,14-15H2,1-2H3;2H,1H3;1H2/t16-,17?;;/m1../s1. The van der Waals surface area contributed by atoms with Gasteiger partial charge in [-0.1, -0.05) is 0 Å². The van der Waals surface area contributed by atoms with Gasteiger partial charge in [-0.3, -0.25) is 14.7 Å². The number of fused-ring (bicyclic) bond motifs is 1. The van der Waals surface area contributed by atoms with E-state index in [9.17, 15) is 4.79 Å². The number of pyridine rings is 2. The smallest absolute Gasteiger partial charge is 0.261 e. The van der Waals surface area contributed by atoms with E-state index < -0.39 is 0 Å². The number of carbonyl (C=O) groups excluding carboxylic acids is 1. The van der Waals surface area contributed by atoms with Crippen molar-refractivity contribution in [3.05, 3.63) is 46.8 Å². The monoisotopic (exact) mass is 500 g/mol. The topological polar surface area (TPSA) is 130 Å². The average Bonchev–Trinajstić information content (AvgIpc) is 3.53. The molecule has 10 nitrogen and oxygen atoms in total. The number of furan rings is 1. The molecule has 0 aromatic carbocycles. The first kappa shape index (κ1) is 27.5. The maximum Gasteiger partial charge on any atom is 0.261 e. The number of piperazine rings is 1. The zero-order valence-corrected chi connectivity index (χ0v) is 21.2. The van der Waals surface area contributed by atoms with Gasteiger partial charge in [-0.2, -0.15) is 0 Å². The van der Waals surface area contributed by atoms with Crippen molar-refractivity contribution in [1.82, 2.24) is 19.8 Å². The minimum absolute atomic E-state index is 0. The number of aryl methyl sites for hydroxylation is 1. The zero-order chi connectivity index (χ0) is 24.8. The van der Waals surface area contributed by atoms with Crippen molar-refractivity contribution in [1.29, 1.82) is 0 Å². The second kappa shape index (κ2) is 12.8. The van der Waals surface area contributed by atoms with Crippen LogP contribution < -0.4 is 15.6 Å². The van der Waals surface area contributed by atoms with Crippen molar-refractivity contribution >= 4 is 17.3 Å². The van der Waals surface area contributed by atoms with Gasteiger partial charge in [0.1, 0.15) is 23.4 Å². The molecule has 5 rings (SSSR count). The number of nitrogens with zero attached hydrogens (tertiary/aromatic N) is 3. The first-order valence-corrected chi connectivity index (χ1v) is 12.1. The van der Waals surface area contributed by atoms with Crippen molar-refractivity contribution < 1.29 is 24.2 Å². The maximum absolute atomic E-state index is 12.9. The van der Waals surface area contributed by atoms with Crippen LogP contribution in [0.3, 0.4) is 0 Å².